The maximum Gasteiger partial charge on any atom is 0.224 e. The first-order valence-electron chi connectivity index (χ1n) is 7.52. The quantitative estimate of drug-likeness (QED) is 0.709. The first kappa shape index (κ1) is 14.8. The van der Waals surface area contributed by atoms with Crippen molar-refractivity contribution < 1.29 is 4.79 Å². The fourth-order valence-corrected chi connectivity index (χ4v) is 3.95. The second-order valence-electron chi connectivity index (χ2n) is 7.64. The van der Waals surface area contributed by atoms with Crippen molar-refractivity contribution in [2.24, 2.45) is 5.92 Å². The highest BCUT2D eigenvalue weighted by Gasteiger charge is 2.39. The number of rotatable bonds is 2. The number of carbonyl (C=O) groups is 1. The molecule has 2 unspecified atom stereocenters. The highest BCUT2D eigenvalue weighted by atomic mass is 16.2. The van der Waals surface area contributed by atoms with Gasteiger partial charge < -0.3 is 16.0 Å². The lowest BCUT2D eigenvalue weighted by Crippen LogP contribution is -2.62. The van der Waals surface area contributed by atoms with Crippen LogP contribution in [0.2, 0.25) is 0 Å². The molecular formula is C15H29N3O. The summed E-state index contributed by atoms with van der Waals surface area (Å²) in [6.07, 6.45) is 2.96. The molecule has 4 heteroatoms. The third-order valence-corrected chi connectivity index (χ3v) is 4.40. The van der Waals surface area contributed by atoms with Crippen molar-refractivity contribution in [3.05, 3.63) is 0 Å². The van der Waals surface area contributed by atoms with Crippen molar-refractivity contribution in [2.45, 2.75) is 77.0 Å². The van der Waals surface area contributed by atoms with E-state index in [0.29, 0.717) is 6.04 Å². The van der Waals surface area contributed by atoms with E-state index in [1.807, 2.05) is 0 Å². The zero-order valence-electron chi connectivity index (χ0n) is 13.0. The number of hydrogen-bond acceptors (Lipinski definition) is 3. The second-order valence-corrected chi connectivity index (χ2v) is 7.64. The van der Waals surface area contributed by atoms with Crippen LogP contribution in [0.5, 0.6) is 0 Å². The summed E-state index contributed by atoms with van der Waals surface area (Å²) >= 11 is 0. The summed E-state index contributed by atoms with van der Waals surface area (Å²) in [6.45, 7) is 11.9. The van der Waals surface area contributed by atoms with E-state index in [9.17, 15) is 4.79 Å². The number of piperidine rings is 1. The predicted molar refractivity (Wildman–Crippen MR) is 78.0 cm³/mol. The molecule has 2 aliphatic heterocycles. The summed E-state index contributed by atoms with van der Waals surface area (Å²) in [5, 5.41) is 10.3. The van der Waals surface area contributed by atoms with Crippen LogP contribution >= 0.6 is 0 Å². The van der Waals surface area contributed by atoms with Gasteiger partial charge in [0, 0.05) is 23.2 Å². The zero-order valence-corrected chi connectivity index (χ0v) is 13.0. The van der Waals surface area contributed by atoms with Gasteiger partial charge in [0.1, 0.15) is 0 Å². The van der Waals surface area contributed by atoms with Gasteiger partial charge in [0.2, 0.25) is 5.91 Å². The summed E-state index contributed by atoms with van der Waals surface area (Å²) in [6, 6.07) is 0.592. The smallest absolute Gasteiger partial charge is 0.224 e. The van der Waals surface area contributed by atoms with Crippen molar-refractivity contribution in [2.75, 3.05) is 6.54 Å². The number of nitrogens with one attached hydrogen (secondary N) is 3. The van der Waals surface area contributed by atoms with E-state index < -0.39 is 0 Å². The van der Waals surface area contributed by atoms with E-state index in [1.165, 1.54) is 0 Å². The molecule has 2 rings (SSSR count). The Balaban J connectivity index is 1.96. The minimum absolute atomic E-state index is 0.0826. The van der Waals surface area contributed by atoms with Gasteiger partial charge in [0.15, 0.2) is 0 Å². The minimum atomic E-state index is 0.0826. The fourth-order valence-electron chi connectivity index (χ4n) is 3.95. The first-order chi connectivity index (χ1) is 8.69. The Morgan fingerprint density at radius 3 is 2.21 bits per heavy atom. The summed E-state index contributed by atoms with van der Waals surface area (Å²) in [5.41, 5.74) is 0.165. The van der Waals surface area contributed by atoms with Gasteiger partial charge in [-0.3, -0.25) is 4.79 Å². The van der Waals surface area contributed by atoms with E-state index in [4.69, 9.17) is 0 Å². The van der Waals surface area contributed by atoms with Crippen LogP contribution in [0.4, 0.5) is 0 Å². The molecule has 0 aromatic heterocycles. The average molecular weight is 267 g/mol. The summed E-state index contributed by atoms with van der Waals surface area (Å²) in [7, 11) is 0. The third kappa shape index (κ3) is 3.69. The molecule has 1 amide bonds. The Kier molecular flexibility index (Phi) is 3.94. The van der Waals surface area contributed by atoms with Crippen molar-refractivity contribution >= 4 is 5.91 Å². The summed E-state index contributed by atoms with van der Waals surface area (Å²) in [5.74, 6) is 0.372. The van der Waals surface area contributed by atoms with Crippen molar-refractivity contribution in [3.63, 3.8) is 0 Å². The van der Waals surface area contributed by atoms with Gasteiger partial charge in [-0.1, -0.05) is 0 Å². The van der Waals surface area contributed by atoms with E-state index in [-0.39, 0.29) is 28.9 Å². The van der Waals surface area contributed by atoms with Crippen LogP contribution in [0.15, 0.2) is 0 Å². The molecule has 0 aliphatic carbocycles. The van der Waals surface area contributed by atoms with Gasteiger partial charge in [0.05, 0.1) is 5.92 Å². The third-order valence-electron chi connectivity index (χ3n) is 4.40. The Morgan fingerprint density at radius 1 is 1.16 bits per heavy atom. The fraction of sp³-hybridized carbons (Fsp3) is 0.933. The number of hydrogen-bond donors (Lipinski definition) is 3. The maximum absolute atomic E-state index is 12.4. The van der Waals surface area contributed by atoms with Gasteiger partial charge in [-0.25, -0.2) is 0 Å². The van der Waals surface area contributed by atoms with Gasteiger partial charge in [-0.05, 0) is 60.4 Å². The molecule has 0 spiro atoms. The Bertz CT molecular complexity index is 335. The highest BCUT2D eigenvalue weighted by Crippen LogP contribution is 2.29. The molecule has 0 saturated carbocycles. The molecule has 2 heterocycles. The molecule has 0 bridgehead atoms. The molecule has 19 heavy (non-hydrogen) atoms. The average Bonchev–Trinajstić information content (AvgIpc) is 2.58. The topological polar surface area (TPSA) is 53.2 Å². The zero-order chi connectivity index (χ0) is 14.3. The molecule has 0 aromatic rings. The molecule has 2 saturated heterocycles. The second kappa shape index (κ2) is 5.06. The number of amides is 1. The van der Waals surface area contributed by atoms with Gasteiger partial charge in [-0.15, -0.1) is 0 Å². The Labute approximate surface area is 117 Å². The molecule has 3 N–H and O–H groups in total. The van der Waals surface area contributed by atoms with Crippen molar-refractivity contribution in [1.29, 1.82) is 0 Å². The lowest BCUT2D eigenvalue weighted by molar-refractivity contribution is -0.126. The molecule has 110 valence electrons. The van der Waals surface area contributed by atoms with Crippen LogP contribution in [0.25, 0.3) is 0 Å². The van der Waals surface area contributed by atoms with Crippen LogP contribution in [0.3, 0.4) is 0 Å². The number of carbonyl (C=O) groups excluding carboxylic acids is 1. The van der Waals surface area contributed by atoms with E-state index >= 15 is 0 Å². The van der Waals surface area contributed by atoms with Gasteiger partial charge in [0.25, 0.3) is 0 Å². The summed E-state index contributed by atoms with van der Waals surface area (Å²) in [4.78, 5) is 12.4. The largest absolute Gasteiger partial charge is 0.353 e. The monoisotopic (exact) mass is 267 g/mol. The predicted octanol–water partition coefficient (Wildman–Crippen LogP) is 1.41. The lowest BCUT2D eigenvalue weighted by Gasteiger charge is -2.46. The maximum atomic E-state index is 12.4. The van der Waals surface area contributed by atoms with Crippen molar-refractivity contribution in [3.8, 4) is 0 Å². The molecule has 4 nitrogen and oxygen atoms in total. The Hall–Kier alpha value is -0.610. The molecule has 2 fully saturated rings. The minimum Gasteiger partial charge on any atom is -0.353 e. The highest BCUT2D eigenvalue weighted by molar-refractivity contribution is 5.80. The Morgan fingerprint density at radius 2 is 1.74 bits per heavy atom. The molecule has 2 atom stereocenters. The van der Waals surface area contributed by atoms with Gasteiger partial charge in [-0.2, -0.15) is 0 Å². The molecule has 0 aromatic carbocycles. The van der Waals surface area contributed by atoms with E-state index in [2.05, 4.69) is 50.6 Å². The van der Waals surface area contributed by atoms with Crippen molar-refractivity contribution in [1.82, 2.24) is 16.0 Å². The summed E-state index contributed by atoms with van der Waals surface area (Å²) < 4.78 is 0. The van der Waals surface area contributed by atoms with Crippen LogP contribution < -0.4 is 16.0 Å². The van der Waals surface area contributed by atoms with E-state index in [0.717, 1.165) is 25.8 Å². The molecule has 0 radical (unpaired) electrons. The lowest BCUT2D eigenvalue weighted by atomic mass is 9.79. The van der Waals surface area contributed by atoms with Gasteiger partial charge >= 0.3 is 0 Å². The standard InChI is InChI=1S/C15H29N3O/c1-10-12(6-7-16-10)13(19)17-11-8-14(2,3)18-15(4,5)9-11/h10-12,16,18H,6-9H2,1-5H3,(H,17,19). The van der Waals surface area contributed by atoms with Crippen LogP contribution in [0, 0.1) is 5.92 Å². The van der Waals surface area contributed by atoms with Crippen LogP contribution in [0.1, 0.15) is 53.9 Å². The van der Waals surface area contributed by atoms with Crippen LogP contribution in [-0.2, 0) is 4.79 Å². The molecule has 2 aliphatic rings. The normalized spacial score (nSPS) is 34.2. The first-order valence-corrected chi connectivity index (χ1v) is 7.52. The van der Waals surface area contributed by atoms with Crippen LogP contribution in [-0.4, -0.2) is 35.6 Å². The molecular weight excluding hydrogens is 238 g/mol. The SMILES string of the molecule is CC1NCCC1C(=O)NC1CC(C)(C)NC(C)(C)C1. The van der Waals surface area contributed by atoms with E-state index in [1.54, 1.807) is 0 Å².